The van der Waals surface area contributed by atoms with Gasteiger partial charge in [0.15, 0.2) is 5.16 Å². The zero-order valence-corrected chi connectivity index (χ0v) is 13.3. The maximum absolute atomic E-state index is 10.8. The molecule has 1 atom stereocenters. The third kappa shape index (κ3) is 3.67. The smallest absolute Gasteiger partial charge is 0.313 e. The van der Waals surface area contributed by atoms with Gasteiger partial charge in [0.25, 0.3) is 0 Å². The highest BCUT2D eigenvalue weighted by atomic mass is 32.2. The van der Waals surface area contributed by atoms with Crippen LogP contribution in [0.25, 0.3) is 11.3 Å². The molecule has 0 aliphatic rings. The molecule has 0 saturated carbocycles. The number of aliphatic carboxylic acids is 1. The number of nitrogens with zero attached hydrogens (tertiary/aromatic N) is 2. The van der Waals surface area contributed by atoms with E-state index in [4.69, 9.17) is 5.11 Å². The van der Waals surface area contributed by atoms with Crippen molar-refractivity contribution >= 4 is 17.7 Å². The van der Waals surface area contributed by atoms with Gasteiger partial charge in [0.2, 0.25) is 0 Å². The molecule has 0 amide bonds. The van der Waals surface area contributed by atoms with Gasteiger partial charge in [0, 0.05) is 6.04 Å². The average Bonchev–Trinajstić information content (AvgIpc) is 2.88. The molecule has 0 bridgehead atoms. The number of carboxylic acid groups (broad SMARTS) is 1. The average molecular weight is 304 g/mol. The van der Waals surface area contributed by atoms with E-state index in [1.54, 1.807) is 0 Å². The van der Waals surface area contributed by atoms with E-state index in [0.717, 1.165) is 16.4 Å². The van der Waals surface area contributed by atoms with Gasteiger partial charge in [-0.05, 0) is 18.4 Å². The summed E-state index contributed by atoms with van der Waals surface area (Å²) in [7, 11) is 0. The molecule has 0 spiro atoms. The Hall–Kier alpha value is -1.75. The summed E-state index contributed by atoms with van der Waals surface area (Å²) in [5, 5.41) is 9.64. The summed E-state index contributed by atoms with van der Waals surface area (Å²) in [4.78, 5) is 15.2. The number of aromatic nitrogens is 2. The second-order valence-corrected chi connectivity index (χ2v) is 6.27. The minimum absolute atomic E-state index is 0.0239. The van der Waals surface area contributed by atoms with Crippen molar-refractivity contribution in [2.24, 2.45) is 5.92 Å². The molecule has 0 aliphatic carbocycles. The zero-order chi connectivity index (χ0) is 15.4. The summed E-state index contributed by atoms with van der Waals surface area (Å²) in [5.74, 6) is -0.366. The van der Waals surface area contributed by atoms with Crippen LogP contribution in [0.1, 0.15) is 26.8 Å². The fourth-order valence-corrected chi connectivity index (χ4v) is 2.87. The lowest BCUT2D eigenvalue weighted by Crippen LogP contribution is -2.14. The van der Waals surface area contributed by atoms with Gasteiger partial charge in [-0.1, -0.05) is 55.9 Å². The van der Waals surface area contributed by atoms with Crippen LogP contribution in [-0.2, 0) is 4.79 Å². The summed E-state index contributed by atoms with van der Waals surface area (Å²) in [5.41, 5.74) is 2.13. The lowest BCUT2D eigenvalue weighted by atomic mass is 10.1. The Labute approximate surface area is 129 Å². The van der Waals surface area contributed by atoms with Gasteiger partial charge < -0.3 is 9.67 Å². The Kier molecular flexibility index (Phi) is 5.07. The molecular weight excluding hydrogens is 284 g/mol. The molecule has 0 aliphatic heterocycles. The van der Waals surface area contributed by atoms with E-state index in [1.807, 2.05) is 36.5 Å². The summed E-state index contributed by atoms with van der Waals surface area (Å²) in [6.45, 7) is 6.46. The topological polar surface area (TPSA) is 55.1 Å². The van der Waals surface area contributed by atoms with Gasteiger partial charge in [0.05, 0.1) is 17.6 Å². The van der Waals surface area contributed by atoms with Crippen molar-refractivity contribution in [2.75, 3.05) is 5.75 Å². The number of rotatable bonds is 6. The van der Waals surface area contributed by atoms with Crippen LogP contribution in [0.3, 0.4) is 0 Å². The maximum Gasteiger partial charge on any atom is 0.313 e. The van der Waals surface area contributed by atoms with Gasteiger partial charge in [0.1, 0.15) is 0 Å². The molecular formula is C16H20N2O2S. The molecule has 4 nitrogen and oxygen atoms in total. The predicted molar refractivity (Wildman–Crippen MR) is 85.6 cm³/mol. The molecule has 21 heavy (non-hydrogen) atoms. The molecule has 0 fully saturated rings. The van der Waals surface area contributed by atoms with Crippen LogP contribution in [0.2, 0.25) is 0 Å². The van der Waals surface area contributed by atoms with E-state index in [9.17, 15) is 4.79 Å². The van der Waals surface area contributed by atoms with Crippen LogP contribution >= 0.6 is 11.8 Å². The second kappa shape index (κ2) is 6.80. The Balaban J connectivity index is 2.43. The monoisotopic (exact) mass is 304 g/mol. The standard InChI is InChI=1S/C16H20N2O2S/c1-11(2)12(3)18-14(13-7-5-4-6-8-13)9-17-16(18)21-10-15(19)20/h4-9,11-12H,10H2,1-3H3,(H,19,20). The molecule has 2 rings (SSSR count). The van der Waals surface area contributed by atoms with Crippen molar-refractivity contribution in [1.82, 2.24) is 9.55 Å². The van der Waals surface area contributed by atoms with Gasteiger partial charge in [-0.15, -0.1) is 0 Å². The van der Waals surface area contributed by atoms with Crippen molar-refractivity contribution in [1.29, 1.82) is 0 Å². The quantitative estimate of drug-likeness (QED) is 0.821. The number of hydrogen-bond acceptors (Lipinski definition) is 3. The SMILES string of the molecule is CC(C)C(C)n1c(-c2ccccc2)cnc1SCC(=O)O. The highest BCUT2D eigenvalue weighted by Gasteiger charge is 2.20. The number of carbonyl (C=O) groups is 1. The van der Waals surface area contributed by atoms with E-state index < -0.39 is 5.97 Å². The zero-order valence-electron chi connectivity index (χ0n) is 12.5. The Morgan fingerprint density at radius 2 is 1.95 bits per heavy atom. The summed E-state index contributed by atoms with van der Waals surface area (Å²) in [6, 6.07) is 10.3. The Bertz CT molecular complexity index is 608. The molecule has 112 valence electrons. The van der Waals surface area contributed by atoms with Crippen LogP contribution in [0.5, 0.6) is 0 Å². The highest BCUT2D eigenvalue weighted by Crippen LogP contribution is 2.32. The van der Waals surface area contributed by atoms with E-state index in [1.165, 1.54) is 11.8 Å². The maximum atomic E-state index is 10.8. The number of benzene rings is 1. The van der Waals surface area contributed by atoms with E-state index in [2.05, 4.69) is 30.3 Å². The Morgan fingerprint density at radius 1 is 1.29 bits per heavy atom. The first-order valence-electron chi connectivity index (χ1n) is 6.98. The molecule has 0 radical (unpaired) electrons. The summed E-state index contributed by atoms with van der Waals surface area (Å²) < 4.78 is 2.15. The fourth-order valence-electron chi connectivity index (χ4n) is 2.09. The Morgan fingerprint density at radius 3 is 2.52 bits per heavy atom. The van der Waals surface area contributed by atoms with Gasteiger partial charge in [-0.25, -0.2) is 4.98 Å². The number of thioether (sulfide) groups is 1. The molecule has 1 unspecified atom stereocenters. The van der Waals surface area contributed by atoms with E-state index in [-0.39, 0.29) is 11.8 Å². The van der Waals surface area contributed by atoms with Crippen molar-refractivity contribution in [3.8, 4) is 11.3 Å². The van der Waals surface area contributed by atoms with Crippen LogP contribution in [0.15, 0.2) is 41.7 Å². The van der Waals surface area contributed by atoms with Crippen LogP contribution in [0, 0.1) is 5.92 Å². The fraction of sp³-hybridized carbons (Fsp3) is 0.375. The minimum Gasteiger partial charge on any atom is -0.481 e. The van der Waals surface area contributed by atoms with Crippen molar-refractivity contribution in [3.05, 3.63) is 36.5 Å². The summed E-state index contributed by atoms with van der Waals surface area (Å²) >= 11 is 1.27. The third-order valence-electron chi connectivity index (χ3n) is 3.53. The lowest BCUT2D eigenvalue weighted by molar-refractivity contribution is -0.133. The lowest BCUT2D eigenvalue weighted by Gasteiger charge is -2.22. The molecule has 2 aromatic rings. The third-order valence-corrected chi connectivity index (χ3v) is 4.48. The normalized spacial score (nSPS) is 12.6. The molecule has 1 heterocycles. The van der Waals surface area contributed by atoms with E-state index in [0.29, 0.717) is 5.92 Å². The molecule has 1 aromatic heterocycles. The molecule has 1 aromatic carbocycles. The predicted octanol–water partition coefficient (Wildman–Crippen LogP) is 3.94. The largest absolute Gasteiger partial charge is 0.481 e. The van der Waals surface area contributed by atoms with Gasteiger partial charge >= 0.3 is 5.97 Å². The first kappa shape index (κ1) is 15.6. The minimum atomic E-state index is -0.826. The van der Waals surface area contributed by atoms with Crippen molar-refractivity contribution < 1.29 is 9.90 Å². The van der Waals surface area contributed by atoms with Crippen LogP contribution in [0.4, 0.5) is 0 Å². The van der Waals surface area contributed by atoms with Crippen LogP contribution in [-0.4, -0.2) is 26.4 Å². The summed E-state index contributed by atoms with van der Waals surface area (Å²) in [6.07, 6.45) is 1.83. The van der Waals surface area contributed by atoms with Crippen molar-refractivity contribution in [3.63, 3.8) is 0 Å². The molecule has 1 N–H and O–H groups in total. The second-order valence-electron chi connectivity index (χ2n) is 5.33. The molecule has 5 heteroatoms. The van der Waals surface area contributed by atoms with Gasteiger partial charge in [-0.2, -0.15) is 0 Å². The highest BCUT2D eigenvalue weighted by molar-refractivity contribution is 7.99. The number of carboxylic acids is 1. The molecule has 0 saturated heterocycles. The number of imidazole rings is 1. The van der Waals surface area contributed by atoms with Gasteiger partial charge in [-0.3, -0.25) is 4.79 Å². The first-order chi connectivity index (χ1) is 10.0. The number of hydrogen-bond donors (Lipinski definition) is 1. The van der Waals surface area contributed by atoms with E-state index >= 15 is 0 Å². The van der Waals surface area contributed by atoms with Crippen molar-refractivity contribution in [2.45, 2.75) is 32.0 Å². The van der Waals surface area contributed by atoms with Crippen LogP contribution < -0.4 is 0 Å². The first-order valence-corrected chi connectivity index (χ1v) is 7.96.